The Labute approximate surface area is 113 Å². The Morgan fingerprint density at radius 3 is 2.74 bits per heavy atom. The maximum absolute atomic E-state index is 11.5. The number of carbonyl (C=O) groups is 1. The Morgan fingerprint density at radius 1 is 1.32 bits per heavy atom. The molecule has 0 amide bonds. The second-order valence-corrected chi connectivity index (χ2v) is 4.11. The number of ether oxygens (including phenoxy) is 2. The third-order valence-electron chi connectivity index (χ3n) is 2.58. The monoisotopic (exact) mass is 267 g/mol. The minimum Gasteiger partial charge on any atom is -0.491 e. The Kier molecular flexibility index (Phi) is 6.74. The van der Waals surface area contributed by atoms with Gasteiger partial charge in [0.25, 0.3) is 0 Å². The molecule has 0 aliphatic heterocycles. The zero-order chi connectivity index (χ0) is 14.1. The highest BCUT2D eigenvalue weighted by Gasteiger charge is 2.09. The highest BCUT2D eigenvalue weighted by atomic mass is 16.5. The van der Waals surface area contributed by atoms with Gasteiger partial charge in [-0.2, -0.15) is 0 Å². The van der Waals surface area contributed by atoms with Crippen molar-refractivity contribution in [2.75, 3.05) is 25.6 Å². The SMILES string of the molecule is CCOC(=O)c1ccc(OCCCCCO)c(N)c1. The standard InChI is InChI=1S/C14H21NO4/c1-2-18-14(17)11-6-7-13(12(15)10-11)19-9-5-3-4-8-16/h6-7,10,16H,2-5,8-9,15H2,1H3. The van der Waals surface area contributed by atoms with Crippen molar-refractivity contribution >= 4 is 11.7 Å². The molecule has 0 saturated heterocycles. The summed E-state index contributed by atoms with van der Waals surface area (Å²) in [7, 11) is 0. The van der Waals surface area contributed by atoms with Crippen LogP contribution < -0.4 is 10.5 Å². The molecule has 3 N–H and O–H groups in total. The summed E-state index contributed by atoms with van der Waals surface area (Å²) in [6.07, 6.45) is 2.55. The second-order valence-electron chi connectivity index (χ2n) is 4.11. The molecule has 1 rings (SSSR count). The third kappa shape index (κ3) is 5.18. The van der Waals surface area contributed by atoms with Crippen molar-refractivity contribution in [3.63, 3.8) is 0 Å². The van der Waals surface area contributed by atoms with Gasteiger partial charge in [-0.25, -0.2) is 4.79 Å². The predicted octanol–water partition coefficient (Wildman–Crippen LogP) is 1.99. The number of hydrogen-bond acceptors (Lipinski definition) is 5. The molecule has 19 heavy (non-hydrogen) atoms. The van der Waals surface area contributed by atoms with E-state index in [0.717, 1.165) is 19.3 Å². The van der Waals surface area contributed by atoms with E-state index in [9.17, 15) is 4.79 Å². The number of benzene rings is 1. The van der Waals surface area contributed by atoms with Crippen molar-refractivity contribution in [2.24, 2.45) is 0 Å². The second kappa shape index (κ2) is 8.37. The fourth-order valence-electron chi connectivity index (χ4n) is 1.59. The minimum absolute atomic E-state index is 0.205. The first-order chi connectivity index (χ1) is 9.19. The van der Waals surface area contributed by atoms with Gasteiger partial charge in [0.05, 0.1) is 24.5 Å². The van der Waals surface area contributed by atoms with Crippen LogP contribution in [0.15, 0.2) is 18.2 Å². The van der Waals surface area contributed by atoms with Crippen molar-refractivity contribution in [1.82, 2.24) is 0 Å². The molecule has 106 valence electrons. The van der Waals surface area contributed by atoms with E-state index in [2.05, 4.69) is 0 Å². The number of rotatable bonds is 8. The fourth-order valence-corrected chi connectivity index (χ4v) is 1.59. The zero-order valence-electron chi connectivity index (χ0n) is 11.2. The van der Waals surface area contributed by atoms with Gasteiger partial charge in [0, 0.05) is 6.61 Å². The van der Waals surface area contributed by atoms with Crippen LogP contribution in [0.2, 0.25) is 0 Å². The van der Waals surface area contributed by atoms with E-state index >= 15 is 0 Å². The summed E-state index contributed by atoms with van der Waals surface area (Å²) >= 11 is 0. The Bertz CT molecular complexity index is 406. The largest absolute Gasteiger partial charge is 0.491 e. The molecule has 0 unspecified atom stereocenters. The highest BCUT2D eigenvalue weighted by Crippen LogP contribution is 2.23. The third-order valence-corrected chi connectivity index (χ3v) is 2.58. The van der Waals surface area contributed by atoms with Gasteiger partial charge >= 0.3 is 5.97 Å². The molecule has 5 nitrogen and oxygen atoms in total. The molecule has 5 heteroatoms. The first-order valence-electron chi connectivity index (χ1n) is 6.49. The lowest BCUT2D eigenvalue weighted by Gasteiger charge is -2.10. The van der Waals surface area contributed by atoms with E-state index in [4.69, 9.17) is 20.3 Å². The number of aliphatic hydroxyl groups excluding tert-OH is 1. The molecule has 0 atom stereocenters. The number of nitrogen functional groups attached to an aromatic ring is 1. The van der Waals surface area contributed by atoms with Crippen molar-refractivity contribution in [1.29, 1.82) is 0 Å². The molecule has 0 aliphatic carbocycles. The van der Waals surface area contributed by atoms with Gasteiger partial charge in [-0.05, 0) is 44.4 Å². The maximum atomic E-state index is 11.5. The van der Waals surface area contributed by atoms with Gasteiger partial charge in [0.15, 0.2) is 0 Å². The normalized spacial score (nSPS) is 10.2. The van der Waals surface area contributed by atoms with Gasteiger partial charge in [0.1, 0.15) is 5.75 Å². The molecule has 0 heterocycles. The van der Waals surface area contributed by atoms with Gasteiger partial charge < -0.3 is 20.3 Å². The van der Waals surface area contributed by atoms with Crippen molar-refractivity contribution in [3.8, 4) is 5.75 Å². The first kappa shape index (κ1) is 15.3. The number of esters is 1. The first-order valence-corrected chi connectivity index (χ1v) is 6.49. The minimum atomic E-state index is -0.385. The molecule has 0 spiro atoms. The summed E-state index contributed by atoms with van der Waals surface area (Å²) in [6.45, 7) is 2.84. The van der Waals surface area contributed by atoms with Crippen LogP contribution >= 0.6 is 0 Å². The molecular formula is C14H21NO4. The summed E-state index contributed by atoms with van der Waals surface area (Å²) in [5.74, 6) is 0.181. The van der Waals surface area contributed by atoms with E-state index in [1.165, 1.54) is 0 Å². The lowest BCUT2D eigenvalue weighted by atomic mass is 10.2. The summed E-state index contributed by atoms with van der Waals surface area (Å²) < 4.78 is 10.4. The van der Waals surface area contributed by atoms with E-state index in [1.807, 2.05) is 0 Å². The van der Waals surface area contributed by atoms with E-state index in [-0.39, 0.29) is 12.6 Å². The molecule has 0 bridgehead atoms. The van der Waals surface area contributed by atoms with Gasteiger partial charge in [-0.1, -0.05) is 0 Å². The maximum Gasteiger partial charge on any atom is 0.338 e. The highest BCUT2D eigenvalue weighted by molar-refractivity contribution is 5.91. The Hall–Kier alpha value is -1.75. The molecule has 0 aliphatic rings. The average Bonchev–Trinajstić information content (AvgIpc) is 2.40. The average molecular weight is 267 g/mol. The molecule has 0 saturated carbocycles. The summed E-state index contributed by atoms with van der Waals surface area (Å²) in [5, 5.41) is 8.65. The van der Waals surface area contributed by atoms with E-state index in [1.54, 1.807) is 25.1 Å². The van der Waals surface area contributed by atoms with Crippen molar-refractivity contribution in [3.05, 3.63) is 23.8 Å². The number of hydrogen-bond donors (Lipinski definition) is 2. The summed E-state index contributed by atoms with van der Waals surface area (Å²) in [6, 6.07) is 4.87. The van der Waals surface area contributed by atoms with Crippen molar-refractivity contribution < 1.29 is 19.4 Å². The Morgan fingerprint density at radius 2 is 2.11 bits per heavy atom. The molecule has 0 radical (unpaired) electrons. The molecule has 0 fully saturated rings. The number of nitrogens with two attached hydrogens (primary N) is 1. The van der Waals surface area contributed by atoms with Crippen LogP contribution in [0, 0.1) is 0 Å². The van der Waals surface area contributed by atoms with Crippen LogP contribution in [0.1, 0.15) is 36.5 Å². The number of anilines is 1. The molecule has 1 aromatic carbocycles. The quantitative estimate of drug-likeness (QED) is 0.427. The number of aliphatic hydroxyl groups is 1. The van der Waals surface area contributed by atoms with Crippen LogP contribution in [0.5, 0.6) is 5.75 Å². The van der Waals surface area contributed by atoms with Crippen LogP contribution in [0.25, 0.3) is 0 Å². The summed E-state index contributed by atoms with van der Waals surface area (Å²) in [4.78, 5) is 11.5. The molecular weight excluding hydrogens is 246 g/mol. The van der Waals surface area contributed by atoms with Crippen LogP contribution in [0.3, 0.4) is 0 Å². The molecule has 1 aromatic rings. The van der Waals surface area contributed by atoms with Crippen LogP contribution in [-0.4, -0.2) is 30.9 Å². The predicted molar refractivity (Wildman–Crippen MR) is 73.2 cm³/mol. The zero-order valence-corrected chi connectivity index (χ0v) is 11.2. The summed E-state index contributed by atoms with van der Waals surface area (Å²) in [5.41, 5.74) is 6.67. The molecule has 0 aromatic heterocycles. The van der Waals surface area contributed by atoms with Crippen LogP contribution in [-0.2, 0) is 4.74 Å². The van der Waals surface area contributed by atoms with Gasteiger partial charge in [-0.15, -0.1) is 0 Å². The van der Waals surface area contributed by atoms with Gasteiger partial charge in [-0.3, -0.25) is 0 Å². The topological polar surface area (TPSA) is 81.8 Å². The lowest BCUT2D eigenvalue weighted by molar-refractivity contribution is 0.0526. The fraction of sp³-hybridized carbons (Fsp3) is 0.500. The van der Waals surface area contributed by atoms with Crippen molar-refractivity contribution in [2.45, 2.75) is 26.2 Å². The van der Waals surface area contributed by atoms with Gasteiger partial charge in [0.2, 0.25) is 0 Å². The lowest BCUT2D eigenvalue weighted by Crippen LogP contribution is -2.06. The Balaban J connectivity index is 2.50. The number of unbranched alkanes of at least 4 members (excludes halogenated alkanes) is 2. The number of carbonyl (C=O) groups excluding carboxylic acids is 1. The van der Waals surface area contributed by atoms with E-state index < -0.39 is 0 Å². The van der Waals surface area contributed by atoms with Crippen LogP contribution in [0.4, 0.5) is 5.69 Å². The van der Waals surface area contributed by atoms with E-state index in [0.29, 0.717) is 30.2 Å². The smallest absolute Gasteiger partial charge is 0.338 e.